The van der Waals surface area contributed by atoms with E-state index in [9.17, 15) is 15.0 Å². The minimum atomic E-state index is -0.965. The first-order chi connectivity index (χ1) is 10.5. The number of hydrogen-bond acceptors (Lipinski definition) is 5. The van der Waals surface area contributed by atoms with Gasteiger partial charge in [0.1, 0.15) is 12.2 Å². The number of nitrogens with zero attached hydrogens (tertiary/aromatic N) is 1. The fraction of sp³-hybridized carbons (Fsp3) is 0.824. The zero-order chi connectivity index (χ0) is 17.4. The topological polar surface area (TPSA) is 82.0 Å². The fourth-order valence-electron chi connectivity index (χ4n) is 3.80. The summed E-state index contributed by atoms with van der Waals surface area (Å²) in [6, 6.07) is -0.505. The summed E-state index contributed by atoms with van der Waals surface area (Å²) >= 11 is 0. The van der Waals surface area contributed by atoms with E-state index in [0.717, 1.165) is 12.0 Å². The van der Waals surface area contributed by atoms with E-state index >= 15 is 0 Å². The lowest BCUT2D eigenvalue weighted by molar-refractivity contribution is -0.152. The first-order valence-corrected chi connectivity index (χ1v) is 8.20. The summed E-state index contributed by atoms with van der Waals surface area (Å²) in [6.45, 7) is 8.81. The van der Waals surface area contributed by atoms with Crippen LogP contribution in [0.5, 0.6) is 0 Å². The number of likely N-dealkylation sites (N-methyl/N-ethyl adjacent to an activating group) is 1. The molecule has 6 nitrogen and oxygen atoms in total. The second kappa shape index (κ2) is 6.51. The lowest BCUT2D eigenvalue weighted by Gasteiger charge is -2.42. The standard InChI is InChI=1S/C17H30N2O4/c1-16(2)7-11(8-17(3,4)18-16)6-14(21)19(5)12-9-23-10-13(20)15(12)22/h7,12-13,15,18,20,22H,6,8-10H2,1-5H3/t12-,13-,15+/m1/s1. The first kappa shape index (κ1) is 18.4. The molecule has 23 heavy (non-hydrogen) atoms. The maximum absolute atomic E-state index is 12.6. The first-order valence-electron chi connectivity index (χ1n) is 8.20. The van der Waals surface area contributed by atoms with E-state index in [-0.39, 0.29) is 30.2 Å². The molecule has 6 heteroatoms. The molecule has 0 aromatic rings. The predicted molar refractivity (Wildman–Crippen MR) is 88.0 cm³/mol. The van der Waals surface area contributed by atoms with E-state index < -0.39 is 18.2 Å². The van der Waals surface area contributed by atoms with Crippen molar-refractivity contribution in [1.82, 2.24) is 10.2 Å². The Bertz CT molecular complexity index is 487. The van der Waals surface area contributed by atoms with E-state index in [0.29, 0.717) is 6.42 Å². The number of carbonyl (C=O) groups is 1. The van der Waals surface area contributed by atoms with Crippen LogP contribution in [0.4, 0.5) is 0 Å². The van der Waals surface area contributed by atoms with Gasteiger partial charge in [0.2, 0.25) is 5.91 Å². The number of nitrogens with one attached hydrogen (secondary N) is 1. The number of hydrogen-bond donors (Lipinski definition) is 3. The molecule has 0 radical (unpaired) electrons. The molecule has 0 bridgehead atoms. The van der Waals surface area contributed by atoms with Gasteiger partial charge >= 0.3 is 0 Å². The summed E-state index contributed by atoms with van der Waals surface area (Å²) in [5, 5.41) is 23.3. The van der Waals surface area contributed by atoms with Gasteiger partial charge in [-0.15, -0.1) is 0 Å². The Morgan fingerprint density at radius 3 is 2.61 bits per heavy atom. The highest BCUT2D eigenvalue weighted by Crippen LogP contribution is 2.30. The molecule has 0 aliphatic carbocycles. The van der Waals surface area contributed by atoms with Crippen LogP contribution in [0, 0.1) is 0 Å². The normalized spacial score (nSPS) is 33.0. The Morgan fingerprint density at radius 1 is 1.35 bits per heavy atom. The van der Waals surface area contributed by atoms with Crippen LogP contribution >= 0.6 is 0 Å². The van der Waals surface area contributed by atoms with Crippen molar-refractivity contribution in [3.8, 4) is 0 Å². The van der Waals surface area contributed by atoms with E-state index in [1.54, 1.807) is 7.05 Å². The van der Waals surface area contributed by atoms with Gasteiger partial charge in [0.15, 0.2) is 0 Å². The average Bonchev–Trinajstić information content (AvgIpc) is 2.37. The van der Waals surface area contributed by atoms with Gasteiger partial charge in [-0.3, -0.25) is 4.79 Å². The highest BCUT2D eigenvalue weighted by atomic mass is 16.5. The number of rotatable bonds is 3. The van der Waals surface area contributed by atoms with Crippen molar-refractivity contribution in [2.24, 2.45) is 0 Å². The highest BCUT2D eigenvalue weighted by Gasteiger charge is 2.37. The second-order valence-electron chi connectivity index (χ2n) is 8.05. The minimum Gasteiger partial charge on any atom is -0.388 e. The molecule has 0 aromatic heterocycles. The molecule has 3 atom stereocenters. The number of carbonyl (C=O) groups excluding carboxylic acids is 1. The zero-order valence-electron chi connectivity index (χ0n) is 14.8. The molecular formula is C17H30N2O4. The second-order valence-corrected chi connectivity index (χ2v) is 8.05. The third-order valence-electron chi connectivity index (χ3n) is 4.53. The molecule has 0 unspecified atom stereocenters. The van der Waals surface area contributed by atoms with Gasteiger partial charge in [0.05, 0.1) is 19.3 Å². The largest absolute Gasteiger partial charge is 0.388 e. The lowest BCUT2D eigenvalue weighted by Crippen LogP contribution is -2.57. The van der Waals surface area contributed by atoms with E-state index in [2.05, 4.69) is 39.1 Å². The maximum atomic E-state index is 12.6. The maximum Gasteiger partial charge on any atom is 0.226 e. The van der Waals surface area contributed by atoms with Crippen LogP contribution in [0.2, 0.25) is 0 Å². The van der Waals surface area contributed by atoms with E-state index in [1.165, 1.54) is 4.90 Å². The van der Waals surface area contributed by atoms with Gasteiger partial charge in [-0.25, -0.2) is 0 Å². The van der Waals surface area contributed by atoms with Crippen LogP contribution in [0.25, 0.3) is 0 Å². The third-order valence-corrected chi connectivity index (χ3v) is 4.53. The van der Waals surface area contributed by atoms with Crippen molar-refractivity contribution in [1.29, 1.82) is 0 Å². The van der Waals surface area contributed by atoms with Crippen LogP contribution in [0.15, 0.2) is 11.6 Å². The third kappa shape index (κ3) is 4.53. The average molecular weight is 326 g/mol. The highest BCUT2D eigenvalue weighted by molar-refractivity contribution is 5.79. The molecule has 1 saturated heterocycles. The van der Waals surface area contributed by atoms with Crippen molar-refractivity contribution >= 4 is 5.91 Å². The number of amides is 1. The Morgan fingerprint density at radius 2 is 2.00 bits per heavy atom. The van der Waals surface area contributed by atoms with E-state index in [1.807, 2.05) is 0 Å². The van der Waals surface area contributed by atoms with Crippen LogP contribution in [0.3, 0.4) is 0 Å². The Labute approximate surface area is 138 Å². The van der Waals surface area contributed by atoms with Crippen LogP contribution in [-0.2, 0) is 9.53 Å². The quantitative estimate of drug-likeness (QED) is 0.655. The molecule has 1 amide bonds. The van der Waals surface area contributed by atoms with Crippen molar-refractivity contribution < 1.29 is 19.7 Å². The molecule has 132 valence electrons. The molecule has 2 rings (SSSR count). The number of aliphatic hydroxyl groups excluding tert-OH is 2. The summed E-state index contributed by atoms with van der Waals surface area (Å²) in [5.74, 6) is -0.0634. The molecule has 0 saturated carbocycles. The van der Waals surface area contributed by atoms with Gasteiger partial charge in [-0.1, -0.05) is 11.6 Å². The molecule has 0 spiro atoms. The summed E-state index contributed by atoms with van der Waals surface area (Å²) in [4.78, 5) is 14.1. The molecule has 0 aromatic carbocycles. The van der Waals surface area contributed by atoms with E-state index in [4.69, 9.17) is 4.74 Å². The monoisotopic (exact) mass is 326 g/mol. The number of ether oxygens (including phenoxy) is 1. The molecule has 1 fully saturated rings. The fourth-order valence-corrected chi connectivity index (χ4v) is 3.80. The van der Waals surface area contributed by atoms with Crippen molar-refractivity contribution in [3.05, 3.63) is 11.6 Å². The summed E-state index contributed by atoms with van der Waals surface area (Å²) < 4.78 is 5.26. The summed E-state index contributed by atoms with van der Waals surface area (Å²) in [6.07, 6.45) is 1.34. The van der Waals surface area contributed by atoms with Gasteiger partial charge < -0.3 is 25.2 Å². The summed E-state index contributed by atoms with van der Waals surface area (Å²) in [5.41, 5.74) is 0.887. The molecule has 2 aliphatic heterocycles. The predicted octanol–water partition coefficient (Wildman–Crippen LogP) is 0.432. The Balaban J connectivity index is 2.05. The SMILES string of the molecule is CN(C(=O)CC1=CC(C)(C)NC(C)(C)C1)[C@@H]1COC[C@@H](O)[C@H]1O. The number of aliphatic hydroxyl groups is 2. The van der Waals surface area contributed by atoms with Gasteiger partial charge in [0.25, 0.3) is 0 Å². The summed E-state index contributed by atoms with van der Waals surface area (Å²) in [7, 11) is 1.66. The zero-order valence-corrected chi connectivity index (χ0v) is 14.8. The molecule has 3 N–H and O–H groups in total. The smallest absolute Gasteiger partial charge is 0.226 e. The lowest BCUT2D eigenvalue weighted by atomic mass is 9.82. The molecular weight excluding hydrogens is 296 g/mol. The van der Waals surface area contributed by atoms with Crippen LogP contribution < -0.4 is 5.32 Å². The van der Waals surface area contributed by atoms with Gasteiger partial charge in [-0.05, 0) is 34.1 Å². The van der Waals surface area contributed by atoms with Crippen molar-refractivity contribution in [3.63, 3.8) is 0 Å². The Hall–Kier alpha value is -0.950. The van der Waals surface area contributed by atoms with Crippen molar-refractivity contribution in [2.75, 3.05) is 20.3 Å². The van der Waals surface area contributed by atoms with Crippen LogP contribution in [-0.4, -0.2) is 70.6 Å². The van der Waals surface area contributed by atoms with Gasteiger partial charge in [-0.2, -0.15) is 0 Å². The molecule has 2 heterocycles. The van der Waals surface area contributed by atoms with Crippen LogP contribution in [0.1, 0.15) is 40.5 Å². The Kier molecular flexibility index (Phi) is 5.21. The van der Waals surface area contributed by atoms with Gasteiger partial charge in [0, 0.05) is 24.5 Å². The minimum absolute atomic E-state index is 0.0594. The molecule has 2 aliphatic rings. The van der Waals surface area contributed by atoms with Crippen molar-refractivity contribution in [2.45, 2.75) is 69.9 Å².